The molecule has 3 amide bonds. The molecule has 3 atom stereocenters. The van der Waals surface area contributed by atoms with Crippen molar-refractivity contribution in [2.24, 2.45) is 10.7 Å². The van der Waals surface area contributed by atoms with Gasteiger partial charge in [0.25, 0.3) is 5.91 Å². The number of rotatable bonds is 10. The highest BCUT2D eigenvalue weighted by atomic mass is 19.2. The average molecular weight is 631 g/mol. The maximum Gasteiger partial charge on any atom is 0.272 e. The van der Waals surface area contributed by atoms with Crippen LogP contribution in [-0.4, -0.2) is 55.0 Å². The second-order valence-electron chi connectivity index (χ2n) is 10.5. The average Bonchev–Trinajstić information content (AvgIpc) is 3.16. The Labute approximate surface area is 262 Å². The molecule has 1 aliphatic heterocycles. The van der Waals surface area contributed by atoms with E-state index in [1.54, 1.807) is 48.5 Å². The maximum absolute atomic E-state index is 14.3. The van der Waals surface area contributed by atoms with E-state index in [0.717, 1.165) is 29.2 Å². The zero-order valence-corrected chi connectivity index (χ0v) is 24.5. The molecule has 0 spiro atoms. The third-order valence-corrected chi connectivity index (χ3v) is 7.65. The molecule has 0 saturated heterocycles. The number of fused-ring (bicyclic) bond motifs is 1. The first-order chi connectivity index (χ1) is 22.1. The molecule has 0 aliphatic carbocycles. The van der Waals surface area contributed by atoms with E-state index in [-0.39, 0.29) is 11.1 Å². The Balaban J connectivity index is 1.62. The lowest BCUT2D eigenvalue weighted by molar-refractivity contribution is -0.129. The van der Waals surface area contributed by atoms with Crippen LogP contribution in [0.4, 0.5) is 18.9 Å². The monoisotopic (exact) mass is 630 g/mol. The molecular weight excluding hydrogens is 601 g/mol. The van der Waals surface area contributed by atoms with Gasteiger partial charge in [-0.3, -0.25) is 19.3 Å². The van der Waals surface area contributed by atoms with Crippen molar-refractivity contribution in [2.45, 2.75) is 18.0 Å². The van der Waals surface area contributed by atoms with E-state index in [2.05, 4.69) is 10.3 Å². The summed E-state index contributed by atoms with van der Waals surface area (Å²) in [5, 5.41) is 13.1. The Bertz CT molecular complexity index is 1800. The van der Waals surface area contributed by atoms with Gasteiger partial charge in [-0.15, -0.1) is 0 Å². The van der Waals surface area contributed by atoms with Crippen LogP contribution in [0.5, 0.6) is 5.75 Å². The van der Waals surface area contributed by atoms with Crippen molar-refractivity contribution in [1.29, 1.82) is 0 Å². The van der Waals surface area contributed by atoms with Crippen LogP contribution >= 0.6 is 0 Å². The van der Waals surface area contributed by atoms with Crippen LogP contribution in [0.15, 0.2) is 96.0 Å². The molecule has 0 aromatic heterocycles. The topological polar surface area (TPSA) is 134 Å². The van der Waals surface area contributed by atoms with Crippen LogP contribution < -0.4 is 20.7 Å². The number of primary amides is 1. The second kappa shape index (κ2) is 13.7. The number of nitrogens with one attached hydrogen (secondary N) is 1. The van der Waals surface area contributed by atoms with Crippen LogP contribution in [0.1, 0.15) is 34.1 Å². The zero-order chi connectivity index (χ0) is 33.0. The molecule has 9 nitrogen and oxygen atoms in total. The van der Waals surface area contributed by atoms with Crippen molar-refractivity contribution in [1.82, 2.24) is 5.32 Å². The summed E-state index contributed by atoms with van der Waals surface area (Å²) in [5.41, 5.74) is 7.49. The van der Waals surface area contributed by atoms with Crippen molar-refractivity contribution in [3.05, 3.63) is 131 Å². The smallest absolute Gasteiger partial charge is 0.272 e. The Hall–Kier alpha value is -5.49. The molecule has 5 rings (SSSR count). The standard InChI is InChI=1S/C34H29F3N4O5/c1-46-23-13-8-20(9-14-23)31-24-4-2-3-5-28(24)41(17-29(38)43)34(45)32(39-31)40-33(44)30(19-6-11-22(35)12-7-19)25(18-42)21-10-15-26(36)27(37)16-21/h2-16,25,30,32,42H,17-18H2,1H3,(H2,38,43)(H,40,44)/t25-,30+,32?/m0/s1. The number of nitrogens with two attached hydrogens (primary N) is 1. The number of anilines is 1. The summed E-state index contributed by atoms with van der Waals surface area (Å²) in [6, 6.07) is 21.3. The molecule has 4 N–H and O–H groups in total. The van der Waals surface area contributed by atoms with E-state index in [0.29, 0.717) is 28.3 Å². The minimum Gasteiger partial charge on any atom is -0.497 e. The number of nitrogens with zero attached hydrogens (tertiary/aromatic N) is 2. The largest absolute Gasteiger partial charge is 0.497 e. The summed E-state index contributed by atoms with van der Waals surface area (Å²) in [5.74, 6) is -7.25. The third-order valence-electron chi connectivity index (χ3n) is 7.65. The number of aliphatic imine (C=N–C) groups is 1. The Morgan fingerprint density at radius 3 is 2.26 bits per heavy atom. The molecule has 1 unspecified atom stereocenters. The number of aliphatic hydroxyl groups is 1. The first-order valence-corrected chi connectivity index (χ1v) is 14.1. The third kappa shape index (κ3) is 6.61. The molecule has 1 heterocycles. The SMILES string of the molecule is COc1ccc(C2=NC(NC(=O)[C@H](c3ccc(F)cc3)[C@@H](CO)c3ccc(F)c(F)c3)C(=O)N(CC(N)=O)c3ccccc32)cc1. The van der Waals surface area contributed by atoms with Crippen molar-refractivity contribution < 1.29 is 37.4 Å². The lowest BCUT2D eigenvalue weighted by atomic mass is 9.81. The number of para-hydroxylation sites is 1. The van der Waals surface area contributed by atoms with Gasteiger partial charge in [-0.25, -0.2) is 18.2 Å². The summed E-state index contributed by atoms with van der Waals surface area (Å²) < 4.78 is 47.2. The predicted molar refractivity (Wildman–Crippen MR) is 164 cm³/mol. The number of benzodiazepines with no additional fused rings is 1. The van der Waals surface area contributed by atoms with Gasteiger partial charge in [-0.2, -0.15) is 0 Å². The minimum atomic E-state index is -1.61. The molecular formula is C34H29F3N4O5. The zero-order valence-electron chi connectivity index (χ0n) is 24.5. The fraction of sp³-hybridized carbons (Fsp3) is 0.176. The molecule has 4 aromatic carbocycles. The van der Waals surface area contributed by atoms with Crippen molar-refractivity contribution in [2.75, 3.05) is 25.2 Å². The number of halogens is 3. The van der Waals surface area contributed by atoms with E-state index >= 15 is 0 Å². The Morgan fingerprint density at radius 1 is 0.957 bits per heavy atom. The molecule has 0 fully saturated rings. The second-order valence-corrected chi connectivity index (χ2v) is 10.5. The summed E-state index contributed by atoms with van der Waals surface area (Å²) in [6.45, 7) is -1.22. The fourth-order valence-corrected chi connectivity index (χ4v) is 5.43. The first kappa shape index (κ1) is 31.9. The van der Waals surface area contributed by atoms with E-state index in [1.165, 1.54) is 25.3 Å². The number of carbonyl (C=O) groups is 3. The van der Waals surface area contributed by atoms with Crippen molar-refractivity contribution in [3.8, 4) is 5.75 Å². The highest BCUT2D eigenvalue weighted by molar-refractivity contribution is 6.21. The summed E-state index contributed by atoms with van der Waals surface area (Å²) in [6.07, 6.45) is -1.61. The van der Waals surface area contributed by atoms with Crippen molar-refractivity contribution >= 4 is 29.1 Å². The van der Waals surface area contributed by atoms with E-state index in [1.807, 2.05) is 0 Å². The molecule has 12 heteroatoms. The number of benzene rings is 4. The Kier molecular flexibility index (Phi) is 9.47. The van der Waals surface area contributed by atoms with Crippen LogP contribution in [0.2, 0.25) is 0 Å². The lowest BCUT2D eigenvalue weighted by Crippen LogP contribution is -2.51. The van der Waals surface area contributed by atoms with Gasteiger partial charge in [0, 0.05) is 17.0 Å². The van der Waals surface area contributed by atoms with E-state index < -0.39 is 66.3 Å². The summed E-state index contributed by atoms with van der Waals surface area (Å²) in [7, 11) is 1.51. The number of hydrogen-bond donors (Lipinski definition) is 3. The molecule has 236 valence electrons. The van der Waals surface area contributed by atoms with Gasteiger partial charge >= 0.3 is 0 Å². The molecule has 46 heavy (non-hydrogen) atoms. The van der Waals surface area contributed by atoms with Gasteiger partial charge in [-0.1, -0.05) is 36.4 Å². The summed E-state index contributed by atoms with van der Waals surface area (Å²) >= 11 is 0. The fourth-order valence-electron chi connectivity index (χ4n) is 5.43. The highest BCUT2D eigenvalue weighted by Crippen LogP contribution is 2.35. The highest BCUT2D eigenvalue weighted by Gasteiger charge is 2.38. The molecule has 1 aliphatic rings. The molecule has 0 radical (unpaired) electrons. The van der Waals surface area contributed by atoms with E-state index in [9.17, 15) is 32.7 Å². The quantitative estimate of drug-likeness (QED) is 0.245. The number of hydrogen-bond acceptors (Lipinski definition) is 6. The van der Waals surface area contributed by atoms with Crippen LogP contribution in [0.25, 0.3) is 0 Å². The lowest BCUT2D eigenvalue weighted by Gasteiger charge is -2.28. The molecule has 4 aromatic rings. The van der Waals surface area contributed by atoms with Gasteiger partial charge < -0.3 is 20.9 Å². The summed E-state index contributed by atoms with van der Waals surface area (Å²) in [4.78, 5) is 46.1. The number of amides is 3. The number of carbonyl (C=O) groups excluding carboxylic acids is 3. The Morgan fingerprint density at radius 2 is 1.63 bits per heavy atom. The normalized spacial score (nSPS) is 15.7. The van der Waals surface area contributed by atoms with Crippen LogP contribution in [0, 0.1) is 17.5 Å². The molecule has 0 bridgehead atoms. The van der Waals surface area contributed by atoms with Gasteiger partial charge in [0.2, 0.25) is 18.0 Å². The van der Waals surface area contributed by atoms with Gasteiger partial charge in [-0.05, 0) is 65.7 Å². The number of ether oxygens (including phenoxy) is 1. The van der Waals surface area contributed by atoms with Gasteiger partial charge in [0.05, 0.1) is 31.0 Å². The van der Waals surface area contributed by atoms with Gasteiger partial charge in [0.15, 0.2) is 11.6 Å². The minimum absolute atomic E-state index is 0.0863. The van der Waals surface area contributed by atoms with E-state index in [4.69, 9.17) is 10.5 Å². The molecule has 0 saturated carbocycles. The van der Waals surface area contributed by atoms with Crippen molar-refractivity contribution in [3.63, 3.8) is 0 Å². The number of methoxy groups -OCH3 is 1. The maximum atomic E-state index is 14.3. The predicted octanol–water partition coefficient (Wildman–Crippen LogP) is 3.78. The number of aliphatic hydroxyl groups excluding tert-OH is 1. The van der Waals surface area contributed by atoms with Crippen LogP contribution in [0.3, 0.4) is 0 Å². The van der Waals surface area contributed by atoms with Gasteiger partial charge in [0.1, 0.15) is 18.1 Å². The van der Waals surface area contributed by atoms with Crippen LogP contribution in [-0.2, 0) is 14.4 Å². The first-order valence-electron chi connectivity index (χ1n) is 14.1.